The highest BCUT2D eigenvalue weighted by molar-refractivity contribution is 8.15. The summed E-state index contributed by atoms with van der Waals surface area (Å²) in [5.74, 6) is 0. The van der Waals surface area contributed by atoms with Gasteiger partial charge >= 0.3 is 0 Å². The van der Waals surface area contributed by atoms with Crippen LogP contribution in [0.25, 0.3) is 20.9 Å². The van der Waals surface area contributed by atoms with Crippen molar-refractivity contribution in [2.45, 2.75) is 4.34 Å². The van der Waals surface area contributed by atoms with E-state index < -0.39 is 0 Å². The van der Waals surface area contributed by atoms with Crippen LogP contribution in [-0.2, 0) is 0 Å². The SMILES string of the molecule is O=C(Sc1nc(-c2nc3ccccc3s2)cs1)c1ccccc1. The van der Waals surface area contributed by atoms with Crippen LogP contribution in [0.1, 0.15) is 10.4 Å². The van der Waals surface area contributed by atoms with Crippen LogP contribution in [0.15, 0.2) is 64.3 Å². The Morgan fingerprint density at radius 3 is 2.57 bits per heavy atom. The molecule has 0 aliphatic carbocycles. The van der Waals surface area contributed by atoms with Crippen LogP contribution in [-0.4, -0.2) is 15.1 Å². The third-order valence-corrected chi connectivity index (χ3v) is 6.10. The van der Waals surface area contributed by atoms with Crippen LogP contribution in [0.2, 0.25) is 0 Å². The molecule has 0 aliphatic heterocycles. The first kappa shape index (κ1) is 14.6. The first-order valence-electron chi connectivity index (χ1n) is 6.88. The Morgan fingerprint density at radius 1 is 0.957 bits per heavy atom. The van der Waals surface area contributed by atoms with E-state index in [1.54, 1.807) is 11.3 Å². The molecule has 0 N–H and O–H groups in total. The Morgan fingerprint density at radius 2 is 1.74 bits per heavy atom. The molecule has 4 aromatic rings. The van der Waals surface area contributed by atoms with E-state index >= 15 is 0 Å². The summed E-state index contributed by atoms with van der Waals surface area (Å²) >= 11 is 4.26. The molecule has 2 heterocycles. The molecule has 2 aromatic heterocycles. The predicted molar refractivity (Wildman–Crippen MR) is 97.4 cm³/mol. The van der Waals surface area contributed by atoms with Crippen LogP contribution in [0.5, 0.6) is 0 Å². The molecule has 6 heteroatoms. The van der Waals surface area contributed by atoms with Gasteiger partial charge < -0.3 is 0 Å². The van der Waals surface area contributed by atoms with Crippen LogP contribution >= 0.6 is 34.4 Å². The lowest BCUT2D eigenvalue weighted by atomic mass is 10.2. The molecular formula is C17H10N2OS3. The quantitative estimate of drug-likeness (QED) is 0.465. The van der Waals surface area contributed by atoms with Gasteiger partial charge in [0.15, 0.2) is 4.34 Å². The first-order valence-corrected chi connectivity index (χ1v) is 9.39. The number of aromatic nitrogens is 2. The molecule has 0 spiro atoms. The van der Waals surface area contributed by atoms with E-state index in [4.69, 9.17) is 0 Å². The zero-order valence-corrected chi connectivity index (χ0v) is 14.3. The van der Waals surface area contributed by atoms with Gasteiger partial charge in [-0.3, -0.25) is 4.79 Å². The highest BCUT2D eigenvalue weighted by Gasteiger charge is 2.14. The summed E-state index contributed by atoms with van der Waals surface area (Å²) in [6.45, 7) is 0. The Bertz CT molecular complexity index is 943. The molecule has 0 saturated carbocycles. The Labute approximate surface area is 145 Å². The number of thioether (sulfide) groups is 1. The largest absolute Gasteiger partial charge is 0.281 e. The smallest absolute Gasteiger partial charge is 0.226 e. The second kappa shape index (κ2) is 6.23. The van der Waals surface area contributed by atoms with E-state index in [2.05, 4.69) is 16.0 Å². The van der Waals surface area contributed by atoms with Crippen LogP contribution in [0.4, 0.5) is 0 Å². The summed E-state index contributed by atoms with van der Waals surface area (Å²) in [4.78, 5) is 21.4. The zero-order chi connectivity index (χ0) is 15.6. The number of fused-ring (bicyclic) bond motifs is 1. The minimum absolute atomic E-state index is 0.01000. The number of rotatable bonds is 3. The second-order valence-electron chi connectivity index (χ2n) is 4.74. The minimum atomic E-state index is 0.01000. The molecule has 0 bridgehead atoms. The van der Waals surface area contributed by atoms with Crippen molar-refractivity contribution < 1.29 is 4.79 Å². The standard InChI is InChI=1S/C17H10N2OS3/c20-16(11-6-2-1-3-7-11)23-17-19-13(10-21-17)15-18-12-8-4-5-9-14(12)22-15/h1-10H. The van der Waals surface area contributed by atoms with E-state index in [1.165, 1.54) is 11.3 Å². The van der Waals surface area contributed by atoms with Crippen molar-refractivity contribution in [3.8, 4) is 10.7 Å². The van der Waals surface area contributed by atoms with Crippen molar-refractivity contribution >= 4 is 49.8 Å². The van der Waals surface area contributed by atoms with Crippen molar-refractivity contribution in [1.29, 1.82) is 0 Å². The lowest BCUT2D eigenvalue weighted by molar-refractivity contribution is 0.108. The highest BCUT2D eigenvalue weighted by Crippen LogP contribution is 2.34. The monoisotopic (exact) mass is 354 g/mol. The molecule has 2 aromatic carbocycles. The summed E-state index contributed by atoms with van der Waals surface area (Å²) < 4.78 is 1.89. The lowest BCUT2D eigenvalue weighted by Gasteiger charge is -1.96. The summed E-state index contributed by atoms with van der Waals surface area (Å²) in [5, 5.41) is 2.86. The van der Waals surface area contributed by atoms with Crippen molar-refractivity contribution in [3.63, 3.8) is 0 Å². The minimum Gasteiger partial charge on any atom is -0.281 e. The maximum Gasteiger partial charge on any atom is 0.226 e. The van der Waals surface area contributed by atoms with Crippen LogP contribution in [0, 0.1) is 0 Å². The van der Waals surface area contributed by atoms with Crippen molar-refractivity contribution in [2.24, 2.45) is 0 Å². The lowest BCUT2D eigenvalue weighted by Crippen LogP contribution is -1.91. The first-order chi connectivity index (χ1) is 11.3. The molecule has 0 unspecified atom stereocenters. The average molecular weight is 354 g/mol. The van der Waals surface area contributed by atoms with E-state index in [0.29, 0.717) is 5.56 Å². The van der Waals surface area contributed by atoms with Gasteiger partial charge in [-0.1, -0.05) is 42.5 Å². The van der Waals surface area contributed by atoms with Gasteiger partial charge in [0, 0.05) is 10.9 Å². The second-order valence-corrected chi connectivity index (χ2v) is 7.85. The van der Waals surface area contributed by atoms with Gasteiger partial charge in [-0.25, -0.2) is 9.97 Å². The molecule has 0 radical (unpaired) electrons. The fraction of sp³-hybridized carbons (Fsp3) is 0. The average Bonchev–Trinajstić information content (AvgIpc) is 3.21. The van der Waals surface area contributed by atoms with Crippen molar-refractivity contribution in [1.82, 2.24) is 9.97 Å². The Kier molecular flexibility index (Phi) is 3.95. The van der Waals surface area contributed by atoms with Gasteiger partial charge in [0.1, 0.15) is 10.7 Å². The third kappa shape index (κ3) is 3.06. The van der Waals surface area contributed by atoms with E-state index in [9.17, 15) is 4.79 Å². The van der Waals surface area contributed by atoms with Crippen LogP contribution < -0.4 is 0 Å². The molecule has 0 atom stereocenters. The van der Waals surface area contributed by atoms with Gasteiger partial charge in [-0.15, -0.1) is 22.7 Å². The summed E-state index contributed by atoms with van der Waals surface area (Å²) in [7, 11) is 0. The number of nitrogens with zero attached hydrogens (tertiary/aromatic N) is 2. The molecular weight excluding hydrogens is 344 g/mol. The maximum absolute atomic E-state index is 12.2. The molecule has 0 saturated heterocycles. The number of para-hydroxylation sites is 1. The fourth-order valence-corrected chi connectivity index (χ4v) is 4.75. The summed E-state index contributed by atoms with van der Waals surface area (Å²) in [5.41, 5.74) is 2.50. The maximum atomic E-state index is 12.2. The molecule has 112 valence electrons. The van der Waals surface area contributed by atoms with Crippen molar-refractivity contribution in [3.05, 3.63) is 65.5 Å². The number of carbonyl (C=O) groups excluding carboxylic acids is 1. The van der Waals surface area contributed by atoms with E-state index in [-0.39, 0.29) is 5.12 Å². The number of hydrogen-bond acceptors (Lipinski definition) is 6. The molecule has 0 amide bonds. The number of hydrogen-bond donors (Lipinski definition) is 0. The summed E-state index contributed by atoms with van der Waals surface area (Å²) in [6, 6.07) is 17.3. The Balaban J connectivity index is 1.58. The van der Waals surface area contributed by atoms with Crippen LogP contribution in [0.3, 0.4) is 0 Å². The molecule has 0 aliphatic rings. The van der Waals surface area contributed by atoms with Gasteiger partial charge in [0.05, 0.1) is 10.2 Å². The number of benzene rings is 2. The fourth-order valence-electron chi connectivity index (χ4n) is 2.10. The van der Waals surface area contributed by atoms with Gasteiger partial charge in [0.2, 0.25) is 5.12 Å². The van der Waals surface area contributed by atoms with E-state index in [1.807, 2.05) is 53.9 Å². The molecule has 0 fully saturated rings. The van der Waals surface area contributed by atoms with Gasteiger partial charge in [0.25, 0.3) is 0 Å². The molecule has 23 heavy (non-hydrogen) atoms. The Hall–Kier alpha value is -2.02. The topological polar surface area (TPSA) is 42.9 Å². The predicted octanol–water partition coefficient (Wildman–Crippen LogP) is 5.35. The molecule has 4 rings (SSSR count). The molecule has 3 nitrogen and oxygen atoms in total. The third-order valence-electron chi connectivity index (χ3n) is 3.19. The highest BCUT2D eigenvalue weighted by atomic mass is 32.2. The van der Waals surface area contributed by atoms with Gasteiger partial charge in [-0.05, 0) is 23.9 Å². The number of carbonyl (C=O) groups is 1. The normalized spacial score (nSPS) is 11.0. The van der Waals surface area contributed by atoms with E-state index in [0.717, 1.165) is 37.0 Å². The van der Waals surface area contributed by atoms with Crippen molar-refractivity contribution in [2.75, 3.05) is 0 Å². The number of thiazole rings is 2. The summed E-state index contributed by atoms with van der Waals surface area (Å²) in [6.07, 6.45) is 0. The zero-order valence-electron chi connectivity index (χ0n) is 11.8. The van der Waals surface area contributed by atoms with Gasteiger partial charge in [-0.2, -0.15) is 0 Å².